The Kier molecular flexibility index (Phi) is 5.59. The minimum atomic E-state index is -0.250. The topological polar surface area (TPSA) is 93.8 Å². The standard InChI is InChI=1S/C11H15N5.CH2O2/c1-8(2)7-16-14-11(13-15-16)10-4-5-12-9(3)6-10;2-1-3/h4-6,8H,7H2,1-3H3;1H,(H,2,3). The van der Waals surface area contributed by atoms with Crippen molar-refractivity contribution in [2.45, 2.75) is 27.3 Å². The molecule has 102 valence electrons. The highest BCUT2D eigenvalue weighted by atomic mass is 16.3. The van der Waals surface area contributed by atoms with Gasteiger partial charge in [-0.15, -0.1) is 10.2 Å². The van der Waals surface area contributed by atoms with E-state index in [-0.39, 0.29) is 6.47 Å². The van der Waals surface area contributed by atoms with Crippen molar-refractivity contribution >= 4 is 6.47 Å². The number of pyridine rings is 1. The average Bonchev–Trinajstić information content (AvgIpc) is 2.77. The van der Waals surface area contributed by atoms with Gasteiger partial charge in [0.15, 0.2) is 0 Å². The minimum absolute atomic E-state index is 0.250. The number of tetrazole rings is 1. The number of hydrogen-bond donors (Lipinski definition) is 1. The molecule has 0 amide bonds. The first-order valence-corrected chi connectivity index (χ1v) is 5.85. The van der Waals surface area contributed by atoms with Crippen molar-refractivity contribution in [1.82, 2.24) is 25.2 Å². The van der Waals surface area contributed by atoms with E-state index in [0.717, 1.165) is 17.8 Å². The molecule has 0 saturated heterocycles. The summed E-state index contributed by atoms with van der Waals surface area (Å²) in [6.07, 6.45) is 1.76. The molecule has 7 nitrogen and oxygen atoms in total. The van der Waals surface area contributed by atoms with E-state index in [1.54, 1.807) is 11.0 Å². The lowest BCUT2D eigenvalue weighted by molar-refractivity contribution is -0.122. The largest absolute Gasteiger partial charge is 0.483 e. The van der Waals surface area contributed by atoms with Gasteiger partial charge >= 0.3 is 0 Å². The summed E-state index contributed by atoms with van der Waals surface area (Å²) in [4.78, 5) is 14.1. The fraction of sp³-hybridized carbons (Fsp3) is 0.417. The molecular weight excluding hydrogens is 246 g/mol. The predicted molar refractivity (Wildman–Crippen MR) is 69.3 cm³/mol. The molecule has 2 heterocycles. The highest BCUT2D eigenvalue weighted by Crippen LogP contribution is 2.13. The Bertz CT molecular complexity index is 524. The van der Waals surface area contributed by atoms with Gasteiger partial charge in [0.25, 0.3) is 6.47 Å². The second-order valence-corrected chi connectivity index (χ2v) is 4.35. The maximum absolute atomic E-state index is 8.36. The number of rotatable bonds is 3. The first-order chi connectivity index (χ1) is 9.06. The van der Waals surface area contributed by atoms with Crippen LogP contribution in [0.5, 0.6) is 0 Å². The van der Waals surface area contributed by atoms with Gasteiger partial charge in [-0.05, 0) is 30.2 Å². The summed E-state index contributed by atoms with van der Waals surface area (Å²) in [7, 11) is 0. The van der Waals surface area contributed by atoms with Crippen LogP contribution in [0.25, 0.3) is 11.4 Å². The third-order valence-electron chi connectivity index (χ3n) is 2.14. The lowest BCUT2D eigenvalue weighted by Gasteiger charge is -2.00. The van der Waals surface area contributed by atoms with Gasteiger partial charge in [0.2, 0.25) is 5.82 Å². The molecule has 0 aliphatic carbocycles. The summed E-state index contributed by atoms with van der Waals surface area (Å²) in [6.45, 7) is 6.73. The van der Waals surface area contributed by atoms with Crippen molar-refractivity contribution in [2.75, 3.05) is 0 Å². The Morgan fingerprint density at radius 1 is 1.47 bits per heavy atom. The van der Waals surface area contributed by atoms with Crippen LogP contribution >= 0.6 is 0 Å². The van der Waals surface area contributed by atoms with E-state index in [1.165, 1.54) is 0 Å². The molecule has 2 aromatic rings. The van der Waals surface area contributed by atoms with Crippen LogP contribution < -0.4 is 0 Å². The third kappa shape index (κ3) is 4.82. The molecule has 0 spiro atoms. The summed E-state index contributed by atoms with van der Waals surface area (Å²) in [6, 6.07) is 3.85. The Balaban J connectivity index is 0.000000550. The molecule has 0 unspecified atom stereocenters. The van der Waals surface area contributed by atoms with E-state index in [0.29, 0.717) is 11.7 Å². The van der Waals surface area contributed by atoms with E-state index in [1.807, 2.05) is 19.1 Å². The van der Waals surface area contributed by atoms with Crippen LogP contribution in [0, 0.1) is 12.8 Å². The quantitative estimate of drug-likeness (QED) is 0.841. The zero-order valence-corrected chi connectivity index (χ0v) is 11.2. The maximum Gasteiger partial charge on any atom is 0.290 e. The Morgan fingerprint density at radius 2 is 2.16 bits per heavy atom. The normalized spacial score (nSPS) is 9.89. The van der Waals surface area contributed by atoms with Gasteiger partial charge < -0.3 is 5.11 Å². The minimum Gasteiger partial charge on any atom is -0.483 e. The third-order valence-corrected chi connectivity index (χ3v) is 2.14. The fourth-order valence-electron chi connectivity index (χ4n) is 1.45. The van der Waals surface area contributed by atoms with Crippen LogP contribution in [-0.2, 0) is 11.3 Å². The summed E-state index contributed by atoms with van der Waals surface area (Å²) >= 11 is 0. The number of carboxylic acid groups (broad SMARTS) is 1. The molecule has 0 radical (unpaired) electrons. The van der Waals surface area contributed by atoms with Crippen LogP contribution in [0.15, 0.2) is 18.3 Å². The van der Waals surface area contributed by atoms with Gasteiger partial charge in [-0.3, -0.25) is 9.78 Å². The number of aromatic nitrogens is 5. The summed E-state index contributed by atoms with van der Waals surface area (Å²) in [5, 5.41) is 19.3. The van der Waals surface area contributed by atoms with Crippen molar-refractivity contribution < 1.29 is 9.90 Å². The molecule has 7 heteroatoms. The molecular formula is C12H17N5O2. The molecule has 0 bridgehead atoms. The van der Waals surface area contributed by atoms with Gasteiger partial charge in [0, 0.05) is 17.5 Å². The lowest BCUT2D eigenvalue weighted by Crippen LogP contribution is -2.07. The Hall–Kier alpha value is -2.31. The van der Waals surface area contributed by atoms with Gasteiger partial charge in [0.05, 0.1) is 6.54 Å². The van der Waals surface area contributed by atoms with Gasteiger partial charge in [-0.1, -0.05) is 13.8 Å². The Labute approximate surface area is 111 Å². The van der Waals surface area contributed by atoms with Crippen LogP contribution in [-0.4, -0.2) is 36.8 Å². The fourth-order valence-corrected chi connectivity index (χ4v) is 1.45. The molecule has 0 aliphatic heterocycles. The molecule has 0 saturated carbocycles. The van der Waals surface area contributed by atoms with Gasteiger partial charge in [-0.25, -0.2) is 0 Å². The highest BCUT2D eigenvalue weighted by Gasteiger charge is 2.06. The summed E-state index contributed by atoms with van der Waals surface area (Å²) in [5.74, 6) is 1.17. The van der Waals surface area contributed by atoms with Crippen molar-refractivity contribution in [3.05, 3.63) is 24.0 Å². The molecule has 19 heavy (non-hydrogen) atoms. The maximum atomic E-state index is 8.36. The predicted octanol–water partition coefficient (Wildman–Crippen LogP) is 1.40. The monoisotopic (exact) mass is 263 g/mol. The van der Waals surface area contributed by atoms with E-state index < -0.39 is 0 Å². The van der Waals surface area contributed by atoms with E-state index in [4.69, 9.17) is 9.90 Å². The van der Waals surface area contributed by atoms with Crippen molar-refractivity contribution in [2.24, 2.45) is 5.92 Å². The first kappa shape index (κ1) is 14.7. The summed E-state index contributed by atoms with van der Waals surface area (Å²) < 4.78 is 0. The van der Waals surface area contributed by atoms with Crippen LogP contribution in [0.3, 0.4) is 0 Å². The number of aryl methyl sites for hydroxylation is 1. The van der Waals surface area contributed by atoms with Crippen LogP contribution in [0.1, 0.15) is 19.5 Å². The molecule has 0 fully saturated rings. The smallest absolute Gasteiger partial charge is 0.290 e. The summed E-state index contributed by atoms with van der Waals surface area (Å²) in [5.41, 5.74) is 1.92. The van der Waals surface area contributed by atoms with E-state index in [2.05, 4.69) is 34.2 Å². The molecule has 0 atom stereocenters. The van der Waals surface area contributed by atoms with Gasteiger partial charge in [0.1, 0.15) is 0 Å². The molecule has 0 aromatic carbocycles. The number of hydrogen-bond acceptors (Lipinski definition) is 5. The Morgan fingerprint density at radius 3 is 2.74 bits per heavy atom. The molecule has 0 aliphatic rings. The number of nitrogens with zero attached hydrogens (tertiary/aromatic N) is 5. The van der Waals surface area contributed by atoms with Crippen molar-refractivity contribution in [1.29, 1.82) is 0 Å². The highest BCUT2D eigenvalue weighted by molar-refractivity contribution is 5.53. The first-order valence-electron chi connectivity index (χ1n) is 5.85. The average molecular weight is 263 g/mol. The zero-order chi connectivity index (χ0) is 14.3. The van der Waals surface area contributed by atoms with Crippen LogP contribution in [0.4, 0.5) is 0 Å². The second-order valence-electron chi connectivity index (χ2n) is 4.35. The van der Waals surface area contributed by atoms with Crippen molar-refractivity contribution in [3.63, 3.8) is 0 Å². The molecule has 2 rings (SSSR count). The lowest BCUT2D eigenvalue weighted by atomic mass is 10.2. The molecule has 1 N–H and O–H groups in total. The second kappa shape index (κ2) is 7.20. The van der Waals surface area contributed by atoms with E-state index >= 15 is 0 Å². The zero-order valence-electron chi connectivity index (χ0n) is 11.2. The molecule has 2 aromatic heterocycles. The van der Waals surface area contributed by atoms with Crippen molar-refractivity contribution in [3.8, 4) is 11.4 Å². The number of carbonyl (C=O) groups is 1. The SMILES string of the molecule is Cc1cc(-c2nnn(CC(C)C)n2)ccn1.O=CO. The van der Waals surface area contributed by atoms with Crippen LogP contribution in [0.2, 0.25) is 0 Å². The van der Waals surface area contributed by atoms with E-state index in [9.17, 15) is 0 Å². The van der Waals surface area contributed by atoms with Gasteiger partial charge in [-0.2, -0.15) is 4.80 Å².